The first-order valence-electron chi connectivity index (χ1n) is 11.8. The van der Waals surface area contributed by atoms with Crippen LogP contribution in [0.25, 0.3) is 0 Å². The van der Waals surface area contributed by atoms with Gasteiger partial charge in [-0.25, -0.2) is 4.79 Å². The van der Waals surface area contributed by atoms with Crippen molar-refractivity contribution in [3.8, 4) is 0 Å². The van der Waals surface area contributed by atoms with E-state index in [0.29, 0.717) is 38.8 Å². The van der Waals surface area contributed by atoms with Gasteiger partial charge in [0.05, 0.1) is 19.6 Å². The molecule has 0 atom stereocenters. The molecule has 3 N–H and O–H groups in total. The summed E-state index contributed by atoms with van der Waals surface area (Å²) in [4.78, 5) is 55.1. The molecular weight excluding hydrogens is 436 g/mol. The predicted octanol–water partition coefficient (Wildman–Crippen LogP) is -0.261. The molecule has 0 radical (unpaired) electrons. The van der Waals surface area contributed by atoms with Crippen molar-refractivity contribution in [2.45, 2.75) is 38.9 Å². The minimum atomic E-state index is -0.644. The second-order valence-electron chi connectivity index (χ2n) is 8.98. The lowest BCUT2D eigenvalue weighted by atomic mass is 10.1. The van der Waals surface area contributed by atoms with Gasteiger partial charge in [-0.2, -0.15) is 0 Å². The van der Waals surface area contributed by atoms with Crippen molar-refractivity contribution in [3.63, 3.8) is 0 Å². The monoisotopic (exact) mass is 468 g/mol. The van der Waals surface area contributed by atoms with E-state index in [2.05, 4.69) is 10.2 Å². The van der Waals surface area contributed by atoms with Gasteiger partial charge in [-0.05, 0) is 25.3 Å². The average Bonchev–Trinajstić information content (AvgIpc) is 3.63. The van der Waals surface area contributed by atoms with Crippen LogP contribution in [0.5, 0.6) is 0 Å². The molecule has 1 aliphatic carbocycles. The lowest BCUT2D eigenvalue weighted by Crippen LogP contribution is -2.51. The summed E-state index contributed by atoms with van der Waals surface area (Å²) in [6.45, 7) is 4.94. The molecule has 1 amide bonds. The standard InChI is InChI=1S/C24H32N6O4/c1-2-29-23(33)21(22(25)30(24(29)34)14-17-6-4-3-5-7-17)19(31)15-27-10-12-28(13-11-27)16-20(32)26-18-8-9-18/h3-7,18H,2,8-16,25H2,1H3,(H,26,32). The van der Waals surface area contributed by atoms with Gasteiger partial charge < -0.3 is 11.1 Å². The summed E-state index contributed by atoms with van der Waals surface area (Å²) in [7, 11) is 0. The van der Waals surface area contributed by atoms with E-state index >= 15 is 0 Å². The highest BCUT2D eigenvalue weighted by molar-refractivity contribution is 6.01. The first-order valence-corrected chi connectivity index (χ1v) is 11.8. The van der Waals surface area contributed by atoms with Crippen molar-refractivity contribution in [2.75, 3.05) is 45.0 Å². The van der Waals surface area contributed by atoms with Crippen LogP contribution in [0.2, 0.25) is 0 Å². The number of hydrogen-bond acceptors (Lipinski definition) is 7. The second kappa shape index (κ2) is 10.4. The Kier molecular flexibility index (Phi) is 7.28. The van der Waals surface area contributed by atoms with Crippen LogP contribution in [0.15, 0.2) is 39.9 Å². The Morgan fingerprint density at radius 3 is 2.18 bits per heavy atom. The van der Waals surface area contributed by atoms with E-state index in [0.717, 1.165) is 23.0 Å². The third kappa shape index (κ3) is 5.45. The van der Waals surface area contributed by atoms with Crippen molar-refractivity contribution >= 4 is 17.5 Å². The molecule has 1 saturated carbocycles. The summed E-state index contributed by atoms with van der Waals surface area (Å²) in [5, 5.41) is 2.99. The number of anilines is 1. The molecule has 182 valence electrons. The fraction of sp³-hybridized carbons (Fsp3) is 0.500. The van der Waals surface area contributed by atoms with E-state index in [1.165, 1.54) is 4.57 Å². The zero-order valence-electron chi connectivity index (χ0n) is 19.5. The maximum Gasteiger partial charge on any atom is 0.332 e. The third-order valence-electron chi connectivity index (χ3n) is 6.39. The highest BCUT2D eigenvalue weighted by Crippen LogP contribution is 2.18. The van der Waals surface area contributed by atoms with Crippen LogP contribution in [0.4, 0.5) is 5.82 Å². The van der Waals surface area contributed by atoms with Crippen LogP contribution < -0.4 is 22.3 Å². The van der Waals surface area contributed by atoms with Gasteiger partial charge in [0.1, 0.15) is 11.4 Å². The molecule has 2 aromatic rings. The Labute approximate surface area is 198 Å². The zero-order valence-corrected chi connectivity index (χ0v) is 19.5. The summed E-state index contributed by atoms with van der Waals surface area (Å²) in [5.74, 6) is -0.448. The van der Waals surface area contributed by atoms with E-state index in [4.69, 9.17) is 5.73 Å². The van der Waals surface area contributed by atoms with Crippen LogP contribution in [0.3, 0.4) is 0 Å². The van der Waals surface area contributed by atoms with Gasteiger partial charge >= 0.3 is 5.69 Å². The molecule has 4 rings (SSSR count). The smallest absolute Gasteiger partial charge is 0.332 e. The number of amides is 1. The highest BCUT2D eigenvalue weighted by Gasteiger charge is 2.27. The van der Waals surface area contributed by atoms with Crippen LogP contribution in [-0.4, -0.2) is 75.9 Å². The molecule has 2 aliphatic rings. The first kappa shape index (κ1) is 23.9. The number of aromatic nitrogens is 2. The van der Waals surface area contributed by atoms with Gasteiger partial charge in [0, 0.05) is 38.8 Å². The number of carbonyl (C=O) groups is 2. The van der Waals surface area contributed by atoms with Crippen molar-refractivity contribution in [1.82, 2.24) is 24.3 Å². The van der Waals surface area contributed by atoms with Gasteiger partial charge in [-0.15, -0.1) is 0 Å². The number of benzene rings is 1. The number of nitrogens with zero attached hydrogens (tertiary/aromatic N) is 4. The highest BCUT2D eigenvalue weighted by atomic mass is 16.2. The van der Waals surface area contributed by atoms with Gasteiger partial charge in [0.25, 0.3) is 5.56 Å². The molecule has 2 heterocycles. The van der Waals surface area contributed by atoms with Gasteiger partial charge in [-0.1, -0.05) is 30.3 Å². The fourth-order valence-electron chi connectivity index (χ4n) is 4.27. The Bertz CT molecular complexity index is 1160. The molecule has 1 saturated heterocycles. The molecular formula is C24H32N6O4. The quantitative estimate of drug-likeness (QED) is 0.486. The third-order valence-corrected chi connectivity index (χ3v) is 6.39. The van der Waals surface area contributed by atoms with Crippen molar-refractivity contribution in [3.05, 3.63) is 62.3 Å². The lowest BCUT2D eigenvalue weighted by Gasteiger charge is -2.33. The number of ketones is 1. The fourth-order valence-corrected chi connectivity index (χ4v) is 4.27. The Balaban J connectivity index is 1.46. The molecule has 10 nitrogen and oxygen atoms in total. The largest absolute Gasteiger partial charge is 0.384 e. The maximum absolute atomic E-state index is 13.2. The first-order chi connectivity index (χ1) is 16.4. The second-order valence-corrected chi connectivity index (χ2v) is 8.98. The number of nitrogens with two attached hydrogens (primary N) is 1. The van der Waals surface area contributed by atoms with Gasteiger partial charge in [0.2, 0.25) is 5.91 Å². The molecule has 0 bridgehead atoms. The van der Waals surface area contributed by atoms with E-state index in [1.54, 1.807) is 6.92 Å². The summed E-state index contributed by atoms with van der Waals surface area (Å²) >= 11 is 0. The number of Topliss-reactive ketones (excluding diaryl/α,β-unsaturated/α-hetero) is 1. The number of rotatable bonds is 9. The molecule has 2 fully saturated rings. The number of nitrogen functional groups attached to an aromatic ring is 1. The molecule has 1 aromatic heterocycles. The average molecular weight is 469 g/mol. The van der Waals surface area contributed by atoms with E-state index in [1.807, 2.05) is 35.2 Å². The Hall–Kier alpha value is -3.24. The lowest BCUT2D eigenvalue weighted by molar-refractivity contribution is -0.122. The molecule has 10 heteroatoms. The number of carbonyl (C=O) groups excluding carboxylic acids is 2. The topological polar surface area (TPSA) is 123 Å². The van der Waals surface area contributed by atoms with Crippen LogP contribution in [0, 0.1) is 0 Å². The number of nitrogens with one attached hydrogen (secondary N) is 1. The van der Waals surface area contributed by atoms with Crippen LogP contribution >= 0.6 is 0 Å². The minimum absolute atomic E-state index is 0.0365. The van der Waals surface area contributed by atoms with Crippen LogP contribution in [-0.2, 0) is 17.9 Å². The van der Waals surface area contributed by atoms with E-state index < -0.39 is 17.0 Å². The van der Waals surface area contributed by atoms with Crippen LogP contribution in [0.1, 0.15) is 35.7 Å². The normalized spacial score (nSPS) is 17.0. The zero-order chi connectivity index (χ0) is 24.2. The Morgan fingerprint density at radius 2 is 1.59 bits per heavy atom. The molecule has 34 heavy (non-hydrogen) atoms. The van der Waals surface area contributed by atoms with Gasteiger partial charge in [0.15, 0.2) is 5.78 Å². The predicted molar refractivity (Wildman–Crippen MR) is 129 cm³/mol. The van der Waals surface area contributed by atoms with Crippen molar-refractivity contribution in [1.29, 1.82) is 0 Å². The number of piperazine rings is 1. The Morgan fingerprint density at radius 1 is 0.971 bits per heavy atom. The molecule has 1 aliphatic heterocycles. The maximum atomic E-state index is 13.2. The van der Waals surface area contributed by atoms with E-state index in [-0.39, 0.29) is 36.9 Å². The summed E-state index contributed by atoms with van der Waals surface area (Å²) < 4.78 is 2.35. The summed E-state index contributed by atoms with van der Waals surface area (Å²) in [6.07, 6.45) is 2.12. The van der Waals surface area contributed by atoms with E-state index in [9.17, 15) is 19.2 Å². The SMILES string of the molecule is CCn1c(=O)c(C(=O)CN2CCN(CC(=O)NC3CC3)CC2)c(N)n(Cc2ccccc2)c1=O. The van der Waals surface area contributed by atoms with Crippen molar-refractivity contribution < 1.29 is 9.59 Å². The summed E-state index contributed by atoms with van der Waals surface area (Å²) in [6, 6.07) is 9.64. The number of hydrogen-bond donors (Lipinski definition) is 2. The summed E-state index contributed by atoms with van der Waals surface area (Å²) in [5.41, 5.74) is 5.78. The van der Waals surface area contributed by atoms with Gasteiger partial charge in [-0.3, -0.25) is 33.3 Å². The minimum Gasteiger partial charge on any atom is -0.384 e. The molecule has 1 aromatic carbocycles. The molecule has 0 spiro atoms. The molecule has 0 unspecified atom stereocenters. The van der Waals surface area contributed by atoms with Crippen molar-refractivity contribution in [2.24, 2.45) is 0 Å².